The minimum atomic E-state index is -1.33. The number of aryl methyl sites for hydroxylation is 2. The molecular weight excluding hydrogens is 325 g/mol. The second-order valence-electron chi connectivity index (χ2n) is 6.37. The van der Waals surface area contributed by atoms with Crippen LogP contribution >= 0.6 is 0 Å². The van der Waals surface area contributed by atoms with Crippen molar-refractivity contribution in [3.05, 3.63) is 58.7 Å². The van der Waals surface area contributed by atoms with Crippen LogP contribution in [0.3, 0.4) is 0 Å². The first kappa shape index (κ1) is 16.9. The van der Waals surface area contributed by atoms with Gasteiger partial charge in [0.1, 0.15) is 11.4 Å². The van der Waals surface area contributed by atoms with Crippen molar-refractivity contribution < 1.29 is 18.8 Å². The summed E-state index contributed by atoms with van der Waals surface area (Å²) in [6, 6.07) is 6.38. The standard InChI is InChI=1S/C18H18FN3O3/c1-10-8-14(11(2)20-10)15(23)9-22-16(24)18(3,21-17(22)25)12-4-6-13(19)7-5-12/h4-8,20H,9H2,1-3H3,(H,21,25). The Hall–Kier alpha value is -2.96. The molecule has 1 unspecified atom stereocenters. The van der Waals surface area contributed by atoms with Gasteiger partial charge >= 0.3 is 6.03 Å². The van der Waals surface area contributed by atoms with Gasteiger partial charge in [0.25, 0.3) is 5.91 Å². The Morgan fingerprint density at radius 1 is 1.20 bits per heavy atom. The molecule has 1 aromatic heterocycles. The average Bonchev–Trinajstić information content (AvgIpc) is 3.00. The van der Waals surface area contributed by atoms with Gasteiger partial charge in [0.2, 0.25) is 0 Å². The Morgan fingerprint density at radius 3 is 2.40 bits per heavy atom. The van der Waals surface area contributed by atoms with Crippen molar-refractivity contribution in [2.24, 2.45) is 0 Å². The van der Waals surface area contributed by atoms with Gasteiger partial charge in [0, 0.05) is 17.0 Å². The third kappa shape index (κ3) is 2.82. The summed E-state index contributed by atoms with van der Waals surface area (Å²) >= 11 is 0. The van der Waals surface area contributed by atoms with E-state index in [9.17, 15) is 18.8 Å². The first-order valence-corrected chi connectivity index (χ1v) is 7.82. The van der Waals surface area contributed by atoms with Crippen LogP contribution < -0.4 is 5.32 Å². The lowest BCUT2D eigenvalue weighted by Crippen LogP contribution is -2.41. The number of H-pyrrole nitrogens is 1. The lowest BCUT2D eigenvalue weighted by atomic mass is 9.92. The molecule has 1 aliphatic rings. The minimum Gasteiger partial charge on any atom is -0.362 e. The number of nitrogens with one attached hydrogen (secondary N) is 2. The fourth-order valence-electron chi connectivity index (χ4n) is 3.06. The maximum Gasteiger partial charge on any atom is 0.325 e. The summed E-state index contributed by atoms with van der Waals surface area (Å²) in [5.41, 5.74) is 1.10. The number of hydrogen-bond donors (Lipinski definition) is 2. The van der Waals surface area contributed by atoms with Gasteiger partial charge < -0.3 is 10.3 Å². The van der Waals surface area contributed by atoms with Gasteiger partial charge in [-0.1, -0.05) is 12.1 Å². The number of halogens is 1. The summed E-state index contributed by atoms with van der Waals surface area (Å²) < 4.78 is 13.1. The average molecular weight is 343 g/mol. The Kier molecular flexibility index (Phi) is 3.94. The first-order valence-electron chi connectivity index (χ1n) is 7.82. The molecule has 1 atom stereocenters. The Labute approximate surface area is 144 Å². The normalized spacial score (nSPS) is 20.1. The van der Waals surface area contributed by atoms with E-state index in [0.29, 0.717) is 16.8 Å². The Balaban J connectivity index is 1.85. The molecule has 1 aliphatic heterocycles. The van der Waals surface area contributed by atoms with Crippen molar-refractivity contribution in [3.8, 4) is 0 Å². The third-order valence-electron chi connectivity index (χ3n) is 4.45. The van der Waals surface area contributed by atoms with E-state index in [1.54, 1.807) is 13.0 Å². The van der Waals surface area contributed by atoms with Crippen molar-refractivity contribution in [3.63, 3.8) is 0 Å². The molecule has 0 bridgehead atoms. The zero-order valence-electron chi connectivity index (χ0n) is 14.1. The number of carbonyl (C=O) groups excluding carboxylic acids is 3. The number of benzene rings is 1. The van der Waals surface area contributed by atoms with Crippen molar-refractivity contribution in [2.45, 2.75) is 26.3 Å². The molecule has 1 saturated heterocycles. The van der Waals surface area contributed by atoms with Crippen LogP contribution in [0.2, 0.25) is 0 Å². The van der Waals surface area contributed by atoms with Crippen LogP contribution in [0.15, 0.2) is 30.3 Å². The lowest BCUT2D eigenvalue weighted by molar-refractivity contribution is -0.130. The Morgan fingerprint density at radius 2 is 1.84 bits per heavy atom. The SMILES string of the molecule is Cc1cc(C(=O)CN2C(=O)NC(C)(c3ccc(F)cc3)C2=O)c(C)[nH]1. The van der Waals surface area contributed by atoms with Crippen molar-refractivity contribution >= 4 is 17.7 Å². The molecule has 7 heteroatoms. The van der Waals surface area contributed by atoms with E-state index in [1.165, 1.54) is 31.2 Å². The molecule has 2 N–H and O–H groups in total. The quantitative estimate of drug-likeness (QED) is 0.661. The van der Waals surface area contributed by atoms with E-state index < -0.39 is 23.3 Å². The highest BCUT2D eigenvalue weighted by Gasteiger charge is 2.49. The van der Waals surface area contributed by atoms with Crippen LogP contribution in [-0.4, -0.2) is 34.2 Å². The number of Topliss-reactive ketones (excluding diaryl/α,β-unsaturated/α-hetero) is 1. The maximum absolute atomic E-state index is 13.1. The van der Waals surface area contributed by atoms with Crippen LogP contribution in [0, 0.1) is 19.7 Å². The molecule has 1 aromatic carbocycles. The topological polar surface area (TPSA) is 82.3 Å². The minimum absolute atomic E-state index is 0.325. The summed E-state index contributed by atoms with van der Waals surface area (Å²) in [5, 5.41) is 2.60. The fourth-order valence-corrected chi connectivity index (χ4v) is 3.06. The number of urea groups is 1. The van der Waals surface area contributed by atoms with Crippen LogP contribution in [0.5, 0.6) is 0 Å². The van der Waals surface area contributed by atoms with Gasteiger partial charge in [-0.3, -0.25) is 14.5 Å². The van der Waals surface area contributed by atoms with Crippen molar-refractivity contribution in [2.75, 3.05) is 6.54 Å². The number of aromatic nitrogens is 1. The molecular formula is C18H18FN3O3. The molecule has 0 saturated carbocycles. The number of imide groups is 1. The van der Waals surface area contributed by atoms with Gasteiger partial charge in [0.15, 0.2) is 5.78 Å². The van der Waals surface area contributed by atoms with Crippen molar-refractivity contribution in [1.82, 2.24) is 15.2 Å². The third-order valence-corrected chi connectivity index (χ3v) is 4.45. The van der Waals surface area contributed by atoms with Gasteiger partial charge in [-0.25, -0.2) is 9.18 Å². The summed E-state index contributed by atoms with van der Waals surface area (Å²) in [5.74, 6) is -1.30. The summed E-state index contributed by atoms with van der Waals surface area (Å²) in [7, 11) is 0. The molecule has 25 heavy (non-hydrogen) atoms. The molecule has 3 amide bonds. The van der Waals surface area contributed by atoms with Crippen molar-refractivity contribution in [1.29, 1.82) is 0 Å². The summed E-state index contributed by atoms with van der Waals surface area (Å²) in [6.07, 6.45) is 0. The van der Waals surface area contributed by atoms with E-state index in [2.05, 4.69) is 10.3 Å². The monoisotopic (exact) mass is 343 g/mol. The predicted octanol–water partition coefficient (Wildman–Crippen LogP) is 2.42. The van der Waals surface area contributed by atoms with Gasteiger partial charge in [0.05, 0.1) is 6.54 Å². The molecule has 2 heterocycles. The zero-order valence-corrected chi connectivity index (χ0v) is 14.1. The Bertz CT molecular complexity index is 872. The second-order valence-corrected chi connectivity index (χ2v) is 6.37. The first-order chi connectivity index (χ1) is 11.7. The number of ketones is 1. The summed E-state index contributed by atoms with van der Waals surface area (Å²) in [4.78, 5) is 41.4. The predicted molar refractivity (Wildman–Crippen MR) is 88.6 cm³/mol. The molecule has 0 radical (unpaired) electrons. The number of carbonyl (C=O) groups is 3. The number of amides is 3. The molecule has 0 aliphatic carbocycles. The van der Waals surface area contributed by atoms with E-state index in [1.807, 2.05) is 6.92 Å². The molecule has 6 nitrogen and oxygen atoms in total. The van der Waals surface area contributed by atoms with Crippen LogP contribution in [0.4, 0.5) is 9.18 Å². The van der Waals surface area contributed by atoms with Gasteiger partial charge in [-0.15, -0.1) is 0 Å². The van der Waals surface area contributed by atoms with E-state index in [4.69, 9.17) is 0 Å². The highest BCUT2D eigenvalue weighted by atomic mass is 19.1. The molecule has 0 spiro atoms. The number of nitrogens with zero attached hydrogens (tertiary/aromatic N) is 1. The van der Waals surface area contributed by atoms with Crippen LogP contribution in [0.25, 0.3) is 0 Å². The number of rotatable bonds is 4. The number of hydrogen-bond acceptors (Lipinski definition) is 3. The maximum atomic E-state index is 13.1. The van der Waals surface area contributed by atoms with Crippen LogP contribution in [0.1, 0.15) is 34.2 Å². The van der Waals surface area contributed by atoms with E-state index >= 15 is 0 Å². The molecule has 130 valence electrons. The lowest BCUT2D eigenvalue weighted by Gasteiger charge is -2.22. The van der Waals surface area contributed by atoms with E-state index in [0.717, 1.165) is 10.6 Å². The second kappa shape index (κ2) is 5.84. The smallest absolute Gasteiger partial charge is 0.325 e. The molecule has 3 rings (SSSR count). The molecule has 1 fully saturated rings. The fraction of sp³-hybridized carbons (Fsp3) is 0.278. The van der Waals surface area contributed by atoms with Crippen LogP contribution in [-0.2, 0) is 10.3 Å². The molecule has 2 aromatic rings. The van der Waals surface area contributed by atoms with Gasteiger partial charge in [-0.05, 0) is 44.5 Å². The summed E-state index contributed by atoms with van der Waals surface area (Å²) in [6.45, 7) is 4.77. The highest BCUT2D eigenvalue weighted by molar-refractivity contribution is 6.11. The largest absolute Gasteiger partial charge is 0.362 e. The highest BCUT2D eigenvalue weighted by Crippen LogP contribution is 2.29. The zero-order chi connectivity index (χ0) is 18.4. The van der Waals surface area contributed by atoms with Gasteiger partial charge in [-0.2, -0.15) is 0 Å². The van der Waals surface area contributed by atoms with E-state index in [-0.39, 0.29) is 12.3 Å². The number of aromatic amines is 1.